The van der Waals surface area contributed by atoms with E-state index in [1.807, 2.05) is 0 Å². The first kappa shape index (κ1) is 27.9. The number of fused-ring (bicyclic) bond motifs is 12. The molecule has 2 aliphatic carbocycles. The van der Waals surface area contributed by atoms with Crippen molar-refractivity contribution in [2.24, 2.45) is 0 Å². The van der Waals surface area contributed by atoms with Gasteiger partial charge in [-0.15, -0.1) is 0 Å². The van der Waals surface area contributed by atoms with Gasteiger partial charge in [-0.3, -0.25) is 0 Å². The maximum absolute atomic E-state index is 2.49. The van der Waals surface area contributed by atoms with Gasteiger partial charge in [0.25, 0.3) is 0 Å². The van der Waals surface area contributed by atoms with E-state index in [4.69, 9.17) is 0 Å². The monoisotopic (exact) mass is 634 g/mol. The maximum Gasteiger partial charge on any atom is -0.00262 e. The average Bonchev–Trinajstić information content (AvgIpc) is 3.19. The fourth-order valence-electron chi connectivity index (χ4n) is 9.34. The summed E-state index contributed by atoms with van der Waals surface area (Å²) in [5, 5.41) is 10.6. The summed E-state index contributed by atoms with van der Waals surface area (Å²) in [6, 6.07) is 59.8. The van der Waals surface area contributed by atoms with Crippen molar-refractivity contribution >= 4 is 43.1 Å². The summed E-state index contributed by atoms with van der Waals surface area (Å²) in [5.41, 5.74) is 16.6. The summed E-state index contributed by atoms with van der Waals surface area (Å²) in [6.45, 7) is 0. The highest BCUT2D eigenvalue weighted by Crippen LogP contribution is 2.48. The van der Waals surface area contributed by atoms with E-state index in [2.05, 4.69) is 158 Å². The number of hydrogen-bond acceptors (Lipinski definition) is 0. The SMILES string of the molecule is c1ccc2c3c(ccc2c1)CCc1ccc(-c2c4ccccc4c(-c4ccc5c(c4)-c4c(ccc6ccccc46)CC5)c4ccccc24)cc1-3. The first-order chi connectivity index (χ1) is 24.8. The lowest BCUT2D eigenvalue weighted by Gasteiger charge is -2.25. The molecule has 9 aromatic carbocycles. The van der Waals surface area contributed by atoms with Crippen molar-refractivity contribution in [3.8, 4) is 44.5 Å². The highest BCUT2D eigenvalue weighted by molar-refractivity contribution is 6.22. The lowest BCUT2D eigenvalue weighted by molar-refractivity contribution is 0.945. The van der Waals surface area contributed by atoms with E-state index in [1.54, 1.807) is 0 Å². The van der Waals surface area contributed by atoms with Crippen molar-refractivity contribution in [1.29, 1.82) is 0 Å². The zero-order valence-electron chi connectivity index (χ0n) is 27.8. The minimum Gasteiger partial charge on any atom is -0.0616 e. The predicted molar refractivity (Wildman–Crippen MR) is 213 cm³/mol. The second-order valence-electron chi connectivity index (χ2n) is 14.2. The van der Waals surface area contributed by atoms with Crippen molar-refractivity contribution in [2.45, 2.75) is 25.7 Å². The molecule has 0 heteroatoms. The van der Waals surface area contributed by atoms with Crippen molar-refractivity contribution in [3.63, 3.8) is 0 Å². The van der Waals surface area contributed by atoms with Gasteiger partial charge in [0.15, 0.2) is 0 Å². The molecule has 0 nitrogen and oxygen atoms in total. The Labute approximate surface area is 292 Å². The number of benzene rings is 9. The number of aryl methyl sites for hydroxylation is 4. The zero-order valence-corrected chi connectivity index (χ0v) is 27.8. The van der Waals surface area contributed by atoms with Crippen LogP contribution in [-0.4, -0.2) is 0 Å². The molecule has 0 saturated heterocycles. The second kappa shape index (κ2) is 10.8. The molecule has 0 radical (unpaired) electrons. The lowest BCUT2D eigenvalue weighted by Crippen LogP contribution is -2.05. The smallest absolute Gasteiger partial charge is 0.00262 e. The maximum atomic E-state index is 2.49. The number of hydrogen-bond donors (Lipinski definition) is 0. The summed E-state index contributed by atoms with van der Waals surface area (Å²) >= 11 is 0. The summed E-state index contributed by atoms with van der Waals surface area (Å²) in [6.07, 6.45) is 4.35. The van der Waals surface area contributed by atoms with E-state index in [0.717, 1.165) is 25.7 Å². The highest BCUT2D eigenvalue weighted by Gasteiger charge is 2.24. The first-order valence-corrected chi connectivity index (χ1v) is 18.0. The van der Waals surface area contributed by atoms with Crippen LogP contribution in [-0.2, 0) is 25.7 Å². The van der Waals surface area contributed by atoms with Gasteiger partial charge in [-0.2, -0.15) is 0 Å². The number of rotatable bonds is 2. The van der Waals surface area contributed by atoms with E-state index in [0.29, 0.717) is 0 Å². The quantitative estimate of drug-likeness (QED) is 0.166. The standard InChI is InChI=1S/C50H34/c1-3-11-39-31(9-1)17-23-35-25-19-33-21-27-37(29-45(33)47(35)39)49-41-13-5-7-15-43(41)50(44-16-8-6-14-42(44)49)38-28-22-34-20-26-36-24-18-32-10-2-4-12-40(32)48(36)46(34)30-38/h1-18,21-24,27-30H,19-20,25-26H2. The third-order valence-corrected chi connectivity index (χ3v) is 11.6. The Morgan fingerprint density at radius 2 is 0.600 bits per heavy atom. The molecule has 0 spiro atoms. The minimum atomic E-state index is 1.08. The van der Waals surface area contributed by atoms with Crippen molar-refractivity contribution in [1.82, 2.24) is 0 Å². The van der Waals surface area contributed by atoms with Crippen LogP contribution in [0.5, 0.6) is 0 Å². The van der Waals surface area contributed by atoms with Crippen LogP contribution in [0.15, 0.2) is 158 Å². The summed E-state index contributed by atoms with van der Waals surface area (Å²) in [5.74, 6) is 0. The Balaban J connectivity index is 1.17. The van der Waals surface area contributed by atoms with Gasteiger partial charge in [0.05, 0.1) is 0 Å². The molecular formula is C50H34. The molecule has 0 bridgehead atoms. The average molecular weight is 635 g/mol. The van der Waals surface area contributed by atoms with Crippen LogP contribution in [0.4, 0.5) is 0 Å². The molecule has 0 aliphatic heterocycles. The molecule has 0 atom stereocenters. The summed E-state index contributed by atoms with van der Waals surface area (Å²) < 4.78 is 0. The van der Waals surface area contributed by atoms with Crippen LogP contribution in [0.25, 0.3) is 87.6 Å². The van der Waals surface area contributed by atoms with Crippen LogP contribution in [0.1, 0.15) is 22.3 Å². The van der Waals surface area contributed by atoms with Crippen molar-refractivity contribution < 1.29 is 0 Å². The molecule has 0 N–H and O–H groups in total. The molecule has 11 rings (SSSR count). The lowest BCUT2D eigenvalue weighted by atomic mass is 9.79. The van der Waals surface area contributed by atoms with Gasteiger partial charge in [-0.1, -0.05) is 146 Å². The van der Waals surface area contributed by atoms with Crippen LogP contribution in [0.2, 0.25) is 0 Å². The van der Waals surface area contributed by atoms with E-state index in [-0.39, 0.29) is 0 Å². The Kier molecular flexibility index (Phi) is 6.01. The molecule has 0 fully saturated rings. The van der Waals surface area contributed by atoms with Gasteiger partial charge in [-0.05, 0) is 148 Å². The Bertz CT molecular complexity index is 2610. The van der Waals surface area contributed by atoms with E-state index in [9.17, 15) is 0 Å². The summed E-state index contributed by atoms with van der Waals surface area (Å²) in [7, 11) is 0. The van der Waals surface area contributed by atoms with Crippen LogP contribution in [0.3, 0.4) is 0 Å². The van der Waals surface area contributed by atoms with Gasteiger partial charge < -0.3 is 0 Å². The van der Waals surface area contributed by atoms with Gasteiger partial charge in [0, 0.05) is 0 Å². The topological polar surface area (TPSA) is 0 Å². The third kappa shape index (κ3) is 4.06. The molecule has 234 valence electrons. The van der Waals surface area contributed by atoms with Gasteiger partial charge >= 0.3 is 0 Å². The first-order valence-electron chi connectivity index (χ1n) is 18.0. The fraction of sp³-hybridized carbons (Fsp3) is 0.0800. The van der Waals surface area contributed by atoms with E-state index in [1.165, 1.54) is 110 Å². The fourth-order valence-corrected chi connectivity index (χ4v) is 9.34. The molecular weight excluding hydrogens is 601 g/mol. The van der Waals surface area contributed by atoms with Crippen LogP contribution in [0, 0.1) is 0 Å². The Morgan fingerprint density at radius 1 is 0.260 bits per heavy atom. The molecule has 2 aliphatic rings. The molecule has 0 heterocycles. The third-order valence-electron chi connectivity index (χ3n) is 11.6. The van der Waals surface area contributed by atoms with Crippen LogP contribution >= 0.6 is 0 Å². The van der Waals surface area contributed by atoms with Gasteiger partial charge in [0.2, 0.25) is 0 Å². The highest BCUT2D eigenvalue weighted by atomic mass is 14.3. The van der Waals surface area contributed by atoms with E-state index < -0.39 is 0 Å². The molecule has 9 aromatic rings. The zero-order chi connectivity index (χ0) is 32.8. The molecule has 0 unspecified atom stereocenters. The van der Waals surface area contributed by atoms with Crippen LogP contribution < -0.4 is 0 Å². The van der Waals surface area contributed by atoms with Crippen molar-refractivity contribution in [3.05, 3.63) is 180 Å². The van der Waals surface area contributed by atoms with Crippen molar-refractivity contribution in [2.75, 3.05) is 0 Å². The Morgan fingerprint density at radius 3 is 1.02 bits per heavy atom. The molecule has 0 aromatic heterocycles. The predicted octanol–water partition coefficient (Wildman–Crippen LogP) is 13.2. The largest absolute Gasteiger partial charge is 0.0616 e. The summed E-state index contributed by atoms with van der Waals surface area (Å²) in [4.78, 5) is 0. The van der Waals surface area contributed by atoms with Gasteiger partial charge in [-0.25, -0.2) is 0 Å². The molecule has 50 heavy (non-hydrogen) atoms. The normalized spacial score (nSPS) is 13.3. The minimum absolute atomic E-state index is 1.08. The second-order valence-corrected chi connectivity index (χ2v) is 14.2. The molecule has 0 amide bonds. The molecule has 0 saturated carbocycles. The Hall–Kier alpha value is -5.98. The van der Waals surface area contributed by atoms with E-state index >= 15 is 0 Å². The van der Waals surface area contributed by atoms with Gasteiger partial charge in [0.1, 0.15) is 0 Å².